The van der Waals surface area contributed by atoms with Crippen LogP contribution in [-0.4, -0.2) is 190 Å². The van der Waals surface area contributed by atoms with Crippen LogP contribution in [0, 0.1) is 11.8 Å². The number of primary amides is 1. The van der Waals surface area contributed by atoms with E-state index < -0.39 is 66.4 Å². The Hall–Kier alpha value is -8.75. The van der Waals surface area contributed by atoms with Gasteiger partial charge >= 0.3 is 48.2 Å². The number of hydrogen-bond donors (Lipinski definition) is 23. The molecule has 0 radical (unpaired) electrons. The average molecular weight is 1400 g/mol. The predicted octanol–water partition coefficient (Wildman–Crippen LogP) is 3.52. The van der Waals surface area contributed by atoms with Gasteiger partial charge in [0, 0.05) is 123 Å². The van der Waals surface area contributed by atoms with Crippen LogP contribution in [0.15, 0.2) is 60.9 Å². The van der Waals surface area contributed by atoms with Gasteiger partial charge in [-0.3, -0.25) is 0 Å². The van der Waals surface area contributed by atoms with Gasteiger partial charge in [-0.25, -0.2) is 38.4 Å². The molecule has 0 aliphatic carbocycles. The van der Waals surface area contributed by atoms with Gasteiger partial charge in [0.25, 0.3) is 0 Å². The second-order valence-corrected chi connectivity index (χ2v) is 26.6. The molecule has 0 saturated heterocycles. The van der Waals surface area contributed by atoms with E-state index in [1.807, 2.05) is 109 Å². The zero-order valence-corrected chi connectivity index (χ0v) is 59.9. The lowest BCUT2D eigenvalue weighted by Crippen LogP contribution is -2.56. The van der Waals surface area contributed by atoms with Crippen molar-refractivity contribution >= 4 is 87.4 Å². The SMILES string of the molecule is CCC[C@H](CNC(N)=O)NC(=O)NC[C@H](CCCCN)NC(=O)NC[C@H](Cc1c[nH]c2ccccc12)NC(=O)NC[C@H](CCCCN)NC(=O)NC[C@H](NC(=O)NC[C@H](Cc1c[nH]c2ccccc12)NC(=S)NC[C@H](CCCCN)NC(=O)NC[C@H](NC(=O)NC(C)C)C(C)C)C(C)C. The number of rotatable bonds is 45. The number of unbranched alkanes of at least 4 members (excludes halogenated alkanes) is 3. The monoisotopic (exact) mass is 1400 g/mol. The van der Waals surface area contributed by atoms with Crippen molar-refractivity contribution in [1.82, 2.24) is 100 Å². The van der Waals surface area contributed by atoms with Crippen LogP contribution in [0.5, 0.6) is 0 Å². The zero-order chi connectivity index (χ0) is 72.5. The molecule has 4 rings (SSSR count). The van der Waals surface area contributed by atoms with Crippen molar-refractivity contribution in [3.8, 4) is 0 Å². The summed E-state index contributed by atoms with van der Waals surface area (Å²) < 4.78 is 0. The summed E-state index contributed by atoms with van der Waals surface area (Å²) in [5, 5.41) is 52.7. The second kappa shape index (κ2) is 46.5. The highest BCUT2D eigenvalue weighted by Crippen LogP contribution is 2.21. The molecule has 2 heterocycles. The van der Waals surface area contributed by atoms with Gasteiger partial charge in [0.1, 0.15) is 0 Å². The van der Waals surface area contributed by atoms with Crippen molar-refractivity contribution < 1.29 is 38.4 Å². The van der Waals surface area contributed by atoms with E-state index in [1.165, 1.54) is 0 Å². The highest BCUT2D eigenvalue weighted by atomic mass is 32.1. The number of carbonyl (C=O) groups is 8. The first kappa shape index (κ1) is 82.7. The molecule has 31 nitrogen and oxygen atoms in total. The van der Waals surface area contributed by atoms with E-state index in [1.54, 1.807) is 0 Å². The minimum absolute atomic E-state index is 0.0212. The van der Waals surface area contributed by atoms with Crippen LogP contribution >= 0.6 is 12.2 Å². The predicted molar refractivity (Wildman–Crippen MR) is 395 cm³/mol. The number of nitrogens with two attached hydrogens (primary N) is 4. The molecule has 4 aromatic rings. The van der Waals surface area contributed by atoms with Gasteiger partial charge in [0.15, 0.2) is 5.11 Å². The molecule has 99 heavy (non-hydrogen) atoms. The molecule has 554 valence electrons. The lowest BCUT2D eigenvalue weighted by molar-refractivity contribution is 0.222. The fraction of sp³-hybridized carbons (Fsp3) is 0.627. The van der Waals surface area contributed by atoms with Gasteiger partial charge in [-0.2, -0.15) is 0 Å². The maximum atomic E-state index is 13.9. The number of amides is 16. The molecule has 8 atom stereocenters. The van der Waals surface area contributed by atoms with Gasteiger partial charge in [0.05, 0.1) is 18.1 Å². The Morgan fingerprint density at radius 2 is 0.727 bits per heavy atom. The molecule has 32 heteroatoms. The summed E-state index contributed by atoms with van der Waals surface area (Å²) in [7, 11) is 0. The number of aromatic amines is 2. The number of thiocarbonyl (C=S) groups is 1. The number of fused-ring (bicyclic) bond motifs is 2. The zero-order valence-electron chi connectivity index (χ0n) is 59.1. The number of aromatic nitrogens is 2. The molecular formula is C67H117N23O8S. The Kier molecular flexibility index (Phi) is 38.8. The Morgan fingerprint density at radius 1 is 0.394 bits per heavy atom. The molecule has 0 spiro atoms. The first-order chi connectivity index (χ1) is 47.5. The van der Waals surface area contributed by atoms with Crippen molar-refractivity contribution in [3.05, 3.63) is 72.1 Å². The van der Waals surface area contributed by atoms with Crippen LogP contribution in [0.25, 0.3) is 21.8 Å². The Morgan fingerprint density at radius 3 is 1.11 bits per heavy atom. The fourth-order valence-corrected chi connectivity index (χ4v) is 11.3. The number of nitrogens with one attached hydrogen (secondary N) is 19. The van der Waals surface area contributed by atoms with Crippen LogP contribution in [0.1, 0.15) is 130 Å². The van der Waals surface area contributed by atoms with E-state index in [9.17, 15) is 38.4 Å². The first-order valence-electron chi connectivity index (χ1n) is 35.1. The van der Waals surface area contributed by atoms with Crippen molar-refractivity contribution in [2.75, 3.05) is 72.0 Å². The third-order valence-corrected chi connectivity index (χ3v) is 16.9. The summed E-state index contributed by atoms with van der Waals surface area (Å²) in [5.41, 5.74) is 26.5. The first-order valence-corrected chi connectivity index (χ1v) is 35.5. The standard InChI is InChI=1S/C67H117N23O8S/c1-8-19-47(34-74-59(71)91)83-60(92)75-35-48(20-13-16-27-68)84-61(93)77-38-51(30-45-32-72-55-25-11-9-23-53(45)55)87-62(94)76-36-49(21-14-17-28-69)85-63(95)79-40-57(42(2)3)89-65(97)78-39-52(31-46-33-73-56-26-12-10-24-54(46)56)88-67(99)81-37-50(22-15-18-29-70)86-64(96)80-41-58(43(4)5)90-66(98)82-44(6)7/h9-12,23-26,32-33,42-44,47-52,57-58,72-73H,8,13-22,27-31,34-41,68-70H2,1-7H3,(H3,71,74,91)(H2,75,83,92)(H2,76,87,94)(H2,77,84,93)(H2,78,89,97)(H2,79,85,95)(H2,80,86,96)(H2,81,88,99)(H2,82,90,98)/t47-,48+,49+,50+,51+,52+,57+,58+/m1/s1. The minimum atomic E-state index is -0.694. The summed E-state index contributed by atoms with van der Waals surface area (Å²) in [6, 6.07) is 8.24. The smallest absolute Gasteiger partial charge is 0.315 e. The van der Waals surface area contributed by atoms with Gasteiger partial charge in [-0.15, -0.1) is 0 Å². The van der Waals surface area contributed by atoms with Crippen LogP contribution in [0.4, 0.5) is 38.4 Å². The van der Waals surface area contributed by atoms with Crippen molar-refractivity contribution in [1.29, 1.82) is 0 Å². The quantitative estimate of drug-likeness (QED) is 0.0223. The number of para-hydroxylation sites is 2. The number of carbonyl (C=O) groups excluding carboxylic acids is 8. The Balaban J connectivity index is 1.37. The third kappa shape index (κ3) is 34.1. The highest BCUT2D eigenvalue weighted by molar-refractivity contribution is 7.80. The molecule has 27 N–H and O–H groups in total. The maximum Gasteiger partial charge on any atom is 0.315 e. The van der Waals surface area contributed by atoms with E-state index in [-0.39, 0.29) is 93.9 Å². The molecule has 0 fully saturated rings. The highest BCUT2D eigenvalue weighted by Gasteiger charge is 2.25. The van der Waals surface area contributed by atoms with Crippen molar-refractivity contribution in [3.63, 3.8) is 0 Å². The number of urea groups is 8. The normalized spacial score (nSPS) is 13.7. The third-order valence-electron chi connectivity index (χ3n) is 16.6. The Labute approximate surface area is 588 Å². The minimum Gasteiger partial charge on any atom is -0.361 e. The van der Waals surface area contributed by atoms with E-state index in [0.717, 1.165) is 52.2 Å². The van der Waals surface area contributed by atoms with Gasteiger partial charge in [-0.1, -0.05) is 96.7 Å². The average Bonchev–Trinajstić information content (AvgIpc) is 1.71. The molecule has 0 saturated carbocycles. The lowest BCUT2D eigenvalue weighted by Gasteiger charge is -2.27. The van der Waals surface area contributed by atoms with Crippen LogP contribution in [-0.2, 0) is 12.8 Å². The van der Waals surface area contributed by atoms with Crippen LogP contribution in [0.3, 0.4) is 0 Å². The summed E-state index contributed by atoms with van der Waals surface area (Å²) in [6.07, 6.45) is 11.9. The van der Waals surface area contributed by atoms with E-state index in [2.05, 4.69) is 100 Å². The molecule has 0 unspecified atom stereocenters. The molecule has 0 aliphatic rings. The summed E-state index contributed by atoms with van der Waals surface area (Å²) in [4.78, 5) is 112. The van der Waals surface area contributed by atoms with Gasteiger partial charge < -0.3 is 123 Å². The molecule has 16 amide bonds. The van der Waals surface area contributed by atoms with Crippen LogP contribution in [0.2, 0.25) is 0 Å². The topological polar surface area (TPSA) is 477 Å². The molecule has 2 aromatic heterocycles. The summed E-state index contributed by atoms with van der Waals surface area (Å²) >= 11 is 5.86. The van der Waals surface area contributed by atoms with Gasteiger partial charge in [-0.05, 0) is 139 Å². The fourth-order valence-electron chi connectivity index (χ4n) is 11.1. The van der Waals surface area contributed by atoms with E-state index in [4.69, 9.17) is 35.2 Å². The molecular weight excluding hydrogens is 1290 g/mol. The molecule has 2 aromatic carbocycles. The van der Waals surface area contributed by atoms with E-state index in [0.29, 0.717) is 95.5 Å². The Bertz CT molecular complexity index is 3080. The van der Waals surface area contributed by atoms with Crippen molar-refractivity contribution in [2.24, 2.45) is 34.8 Å². The van der Waals surface area contributed by atoms with Gasteiger partial charge in [0.2, 0.25) is 0 Å². The van der Waals surface area contributed by atoms with E-state index >= 15 is 0 Å². The number of hydrogen-bond acceptors (Lipinski definition) is 12. The van der Waals surface area contributed by atoms with Crippen LogP contribution < -0.4 is 113 Å². The largest absolute Gasteiger partial charge is 0.361 e. The number of benzene rings is 2. The molecule has 0 aliphatic heterocycles. The summed E-state index contributed by atoms with van der Waals surface area (Å²) in [6.45, 7) is 16.0. The number of H-pyrrole nitrogens is 2. The van der Waals surface area contributed by atoms with Crippen molar-refractivity contribution in [2.45, 2.75) is 186 Å². The second-order valence-electron chi connectivity index (χ2n) is 26.2. The summed E-state index contributed by atoms with van der Waals surface area (Å²) in [5.74, 6) is -0.0652. The molecule has 0 bridgehead atoms. The maximum absolute atomic E-state index is 13.9. The lowest BCUT2D eigenvalue weighted by atomic mass is 10.0.